The van der Waals surface area contributed by atoms with Crippen LogP contribution in [0.25, 0.3) is 0 Å². The van der Waals surface area contributed by atoms with Crippen LogP contribution in [-0.4, -0.2) is 23.6 Å². The molecule has 0 amide bonds. The molecule has 4 heteroatoms. The summed E-state index contributed by atoms with van der Waals surface area (Å²) >= 11 is 6.75. The molecule has 100 valence electrons. The molecule has 2 nitrogen and oxygen atoms in total. The molecule has 1 aliphatic carbocycles. The van der Waals surface area contributed by atoms with Crippen LogP contribution in [0, 0.1) is 5.92 Å². The third-order valence-electron chi connectivity index (χ3n) is 3.57. The zero-order chi connectivity index (χ0) is 13.1. The lowest BCUT2D eigenvalue weighted by Gasteiger charge is -2.21. The summed E-state index contributed by atoms with van der Waals surface area (Å²) in [6.45, 7) is 2.10. The Labute approximate surface area is 126 Å². The fourth-order valence-electron chi connectivity index (χ4n) is 2.72. The van der Waals surface area contributed by atoms with Gasteiger partial charge in [0.1, 0.15) is 5.75 Å². The second-order valence-electron chi connectivity index (χ2n) is 5.26. The molecule has 1 aromatic carbocycles. The first-order valence-corrected chi connectivity index (χ1v) is 8.00. The van der Waals surface area contributed by atoms with Crippen molar-refractivity contribution in [1.82, 2.24) is 4.90 Å². The number of hydrogen-bond donors (Lipinski definition) is 1. The fraction of sp³-hybridized carbons (Fsp3) is 0.571. The van der Waals surface area contributed by atoms with Crippen molar-refractivity contribution in [3.05, 3.63) is 26.6 Å². The predicted octanol–water partition coefficient (Wildman–Crippen LogP) is 4.54. The molecular weight excluding hydrogens is 358 g/mol. The van der Waals surface area contributed by atoms with Crippen LogP contribution in [0.5, 0.6) is 5.75 Å². The Morgan fingerprint density at radius 3 is 2.33 bits per heavy atom. The van der Waals surface area contributed by atoms with Crippen molar-refractivity contribution in [2.75, 3.05) is 13.6 Å². The molecule has 1 N–H and O–H groups in total. The van der Waals surface area contributed by atoms with Gasteiger partial charge in [0.15, 0.2) is 0 Å². The van der Waals surface area contributed by atoms with E-state index in [0.29, 0.717) is 0 Å². The summed E-state index contributed by atoms with van der Waals surface area (Å²) in [5.41, 5.74) is 1.21. The zero-order valence-corrected chi connectivity index (χ0v) is 13.8. The van der Waals surface area contributed by atoms with E-state index < -0.39 is 0 Å². The molecule has 0 bridgehead atoms. The maximum atomic E-state index is 9.69. The van der Waals surface area contributed by atoms with Gasteiger partial charge in [-0.05, 0) is 75.4 Å². The van der Waals surface area contributed by atoms with E-state index in [4.69, 9.17) is 0 Å². The Kier molecular flexibility index (Phi) is 5.10. The Balaban J connectivity index is 1.95. The van der Waals surface area contributed by atoms with Gasteiger partial charge < -0.3 is 10.0 Å². The van der Waals surface area contributed by atoms with Gasteiger partial charge in [-0.1, -0.05) is 12.8 Å². The summed E-state index contributed by atoms with van der Waals surface area (Å²) in [7, 11) is 2.17. The molecule has 0 saturated heterocycles. The van der Waals surface area contributed by atoms with Crippen LogP contribution in [0.3, 0.4) is 0 Å². The van der Waals surface area contributed by atoms with Gasteiger partial charge in [-0.3, -0.25) is 0 Å². The third-order valence-corrected chi connectivity index (χ3v) is 4.78. The summed E-state index contributed by atoms with van der Waals surface area (Å²) in [5, 5.41) is 9.69. The lowest BCUT2D eigenvalue weighted by molar-refractivity contribution is 0.271. The van der Waals surface area contributed by atoms with E-state index >= 15 is 0 Å². The fourth-order valence-corrected chi connectivity index (χ4v) is 4.00. The molecule has 0 atom stereocenters. The van der Waals surface area contributed by atoms with Crippen LogP contribution >= 0.6 is 31.9 Å². The van der Waals surface area contributed by atoms with Crippen LogP contribution in [-0.2, 0) is 6.54 Å². The minimum Gasteiger partial charge on any atom is -0.506 e. The van der Waals surface area contributed by atoms with E-state index in [1.165, 1.54) is 37.8 Å². The molecule has 1 saturated carbocycles. The first-order valence-electron chi connectivity index (χ1n) is 6.41. The summed E-state index contributed by atoms with van der Waals surface area (Å²) < 4.78 is 1.50. The van der Waals surface area contributed by atoms with Gasteiger partial charge in [-0.15, -0.1) is 0 Å². The molecule has 1 fully saturated rings. The monoisotopic (exact) mass is 375 g/mol. The zero-order valence-electron chi connectivity index (χ0n) is 10.6. The average Bonchev–Trinajstić information content (AvgIpc) is 2.78. The Morgan fingerprint density at radius 1 is 1.22 bits per heavy atom. The van der Waals surface area contributed by atoms with E-state index in [-0.39, 0.29) is 5.75 Å². The highest BCUT2D eigenvalue weighted by Crippen LogP contribution is 2.34. The molecule has 0 unspecified atom stereocenters. The largest absolute Gasteiger partial charge is 0.506 e. The van der Waals surface area contributed by atoms with Gasteiger partial charge in [0, 0.05) is 13.1 Å². The quantitative estimate of drug-likeness (QED) is 0.833. The van der Waals surface area contributed by atoms with Crippen LogP contribution in [0.1, 0.15) is 31.2 Å². The molecular formula is C14H19Br2NO. The summed E-state index contributed by atoms with van der Waals surface area (Å²) in [4.78, 5) is 2.38. The van der Waals surface area contributed by atoms with E-state index in [1.807, 2.05) is 12.1 Å². The van der Waals surface area contributed by atoms with Crippen molar-refractivity contribution in [3.8, 4) is 5.75 Å². The van der Waals surface area contributed by atoms with Gasteiger partial charge in [-0.25, -0.2) is 0 Å². The SMILES string of the molecule is CN(Cc1cc(Br)c(O)c(Br)c1)CC1CCCC1. The minimum absolute atomic E-state index is 0.275. The van der Waals surface area contributed by atoms with Crippen molar-refractivity contribution in [2.45, 2.75) is 32.2 Å². The minimum atomic E-state index is 0.275. The van der Waals surface area contributed by atoms with Crippen molar-refractivity contribution < 1.29 is 5.11 Å². The van der Waals surface area contributed by atoms with Crippen LogP contribution in [0.4, 0.5) is 0 Å². The molecule has 0 heterocycles. The highest BCUT2D eigenvalue weighted by molar-refractivity contribution is 9.11. The lowest BCUT2D eigenvalue weighted by Crippen LogP contribution is -2.24. The maximum absolute atomic E-state index is 9.69. The first kappa shape index (κ1) is 14.4. The summed E-state index contributed by atoms with van der Waals surface area (Å²) in [6, 6.07) is 3.98. The number of halogens is 2. The summed E-state index contributed by atoms with van der Waals surface area (Å²) in [6.07, 6.45) is 5.56. The molecule has 0 spiro atoms. The van der Waals surface area contributed by atoms with Crippen LogP contribution in [0.2, 0.25) is 0 Å². The molecule has 0 aliphatic heterocycles. The standard InChI is InChI=1S/C14H19Br2NO/c1-17(8-10-4-2-3-5-10)9-11-6-12(15)14(18)13(16)7-11/h6-7,10,18H,2-5,8-9H2,1H3. The Hall–Kier alpha value is -0.0600. The first-order chi connectivity index (χ1) is 8.56. The molecule has 0 radical (unpaired) electrons. The Morgan fingerprint density at radius 2 is 1.78 bits per heavy atom. The maximum Gasteiger partial charge on any atom is 0.143 e. The topological polar surface area (TPSA) is 23.5 Å². The molecule has 18 heavy (non-hydrogen) atoms. The van der Waals surface area contributed by atoms with E-state index in [2.05, 4.69) is 43.8 Å². The van der Waals surface area contributed by atoms with Crippen LogP contribution < -0.4 is 0 Å². The van der Waals surface area contributed by atoms with Gasteiger partial charge >= 0.3 is 0 Å². The highest BCUT2D eigenvalue weighted by Gasteiger charge is 2.17. The number of nitrogens with zero attached hydrogens (tertiary/aromatic N) is 1. The highest BCUT2D eigenvalue weighted by atomic mass is 79.9. The number of benzene rings is 1. The van der Waals surface area contributed by atoms with Crippen molar-refractivity contribution in [3.63, 3.8) is 0 Å². The van der Waals surface area contributed by atoms with Gasteiger partial charge in [0.05, 0.1) is 8.95 Å². The van der Waals surface area contributed by atoms with Crippen molar-refractivity contribution >= 4 is 31.9 Å². The molecule has 1 aromatic rings. The number of rotatable bonds is 4. The van der Waals surface area contributed by atoms with Gasteiger partial charge in [0.25, 0.3) is 0 Å². The molecule has 1 aliphatic rings. The second kappa shape index (κ2) is 6.40. The predicted molar refractivity (Wildman–Crippen MR) is 81.8 cm³/mol. The summed E-state index contributed by atoms with van der Waals surface area (Å²) in [5.74, 6) is 1.15. The number of aromatic hydroxyl groups is 1. The van der Waals surface area contributed by atoms with E-state index in [0.717, 1.165) is 21.4 Å². The van der Waals surface area contributed by atoms with Crippen molar-refractivity contribution in [1.29, 1.82) is 0 Å². The normalized spacial score (nSPS) is 16.7. The molecule has 2 rings (SSSR count). The Bertz CT molecular complexity index is 393. The number of phenols is 1. The smallest absolute Gasteiger partial charge is 0.143 e. The van der Waals surface area contributed by atoms with Crippen molar-refractivity contribution in [2.24, 2.45) is 5.92 Å². The lowest BCUT2D eigenvalue weighted by atomic mass is 10.1. The average molecular weight is 377 g/mol. The van der Waals surface area contributed by atoms with Crippen LogP contribution in [0.15, 0.2) is 21.1 Å². The number of phenolic OH excluding ortho intramolecular Hbond substituents is 1. The van der Waals surface area contributed by atoms with Gasteiger partial charge in [0.2, 0.25) is 0 Å². The third kappa shape index (κ3) is 3.72. The number of hydrogen-bond acceptors (Lipinski definition) is 2. The van der Waals surface area contributed by atoms with Gasteiger partial charge in [-0.2, -0.15) is 0 Å². The van der Waals surface area contributed by atoms with E-state index in [1.54, 1.807) is 0 Å². The van der Waals surface area contributed by atoms with E-state index in [9.17, 15) is 5.11 Å². The molecule has 0 aromatic heterocycles. The second-order valence-corrected chi connectivity index (χ2v) is 6.96.